The van der Waals surface area contributed by atoms with Gasteiger partial charge < -0.3 is 18.2 Å². The minimum absolute atomic E-state index is 0.0394. The molecule has 0 bridgehead atoms. The monoisotopic (exact) mass is 330 g/mol. The standard InChI is InChI=1S/C13H14O6S2/c1-17-20-9-3-4-10(21-18-2)13-12(9)8(14)5-7(19-13)6-11(15)16/h3-4,7H,5-6H2,1-2H3,(H,15,16). The van der Waals surface area contributed by atoms with E-state index in [0.29, 0.717) is 21.1 Å². The summed E-state index contributed by atoms with van der Waals surface area (Å²) in [4.78, 5) is 24.4. The summed E-state index contributed by atoms with van der Waals surface area (Å²) in [6.45, 7) is 0. The highest BCUT2D eigenvalue weighted by atomic mass is 32.2. The molecule has 0 amide bonds. The molecule has 1 aromatic rings. The van der Waals surface area contributed by atoms with Crippen LogP contribution in [0.5, 0.6) is 5.75 Å². The molecule has 1 aliphatic rings. The quantitative estimate of drug-likeness (QED) is 0.797. The Hall–Kier alpha value is -1.22. The van der Waals surface area contributed by atoms with E-state index in [0.717, 1.165) is 24.1 Å². The molecule has 1 atom stereocenters. The van der Waals surface area contributed by atoms with Crippen molar-refractivity contribution in [1.82, 2.24) is 0 Å². The second-order valence-corrected chi connectivity index (χ2v) is 6.11. The van der Waals surface area contributed by atoms with Crippen LogP contribution in [0.25, 0.3) is 0 Å². The number of aliphatic carboxylic acids is 1. The number of carbonyl (C=O) groups is 2. The summed E-state index contributed by atoms with van der Waals surface area (Å²) in [5.41, 5.74) is 0.422. The van der Waals surface area contributed by atoms with Crippen LogP contribution in [0.1, 0.15) is 23.2 Å². The Morgan fingerprint density at radius 2 is 1.95 bits per heavy atom. The molecule has 0 spiro atoms. The van der Waals surface area contributed by atoms with Crippen molar-refractivity contribution < 1.29 is 27.8 Å². The molecule has 2 rings (SSSR count). The number of hydrogen-bond acceptors (Lipinski definition) is 7. The van der Waals surface area contributed by atoms with Gasteiger partial charge >= 0.3 is 5.97 Å². The van der Waals surface area contributed by atoms with E-state index < -0.39 is 12.1 Å². The number of benzene rings is 1. The lowest BCUT2D eigenvalue weighted by Crippen LogP contribution is -2.30. The molecule has 6 nitrogen and oxygen atoms in total. The number of ether oxygens (including phenoxy) is 1. The molecule has 1 N–H and O–H groups in total. The molecule has 0 aromatic heterocycles. The van der Waals surface area contributed by atoms with Crippen molar-refractivity contribution in [3.63, 3.8) is 0 Å². The molecule has 0 aliphatic carbocycles. The summed E-state index contributed by atoms with van der Waals surface area (Å²) >= 11 is 2.13. The lowest BCUT2D eigenvalue weighted by molar-refractivity contribution is -0.138. The number of carboxylic acids is 1. The Kier molecular flexibility index (Phi) is 5.51. The second-order valence-electron chi connectivity index (χ2n) is 4.23. The van der Waals surface area contributed by atoms with Gasteiger partial charge in [-0.1, -0.05) is 0 Å². The van der Waals surface area contributed by atoms with Crippen LogP contribution in [-0.2, 0) is 13.2 Å². The van der Waals surface area contributed by atoms with Gasteiger partial charge in [0.05, 0.1) is 31.1 Å². The summed E-state index contributed by atoms with van der Waals surface area (Å²) in [5.74, 6) is -0.786. The number of fused-ring (bicyclic) bond motifs is 1. The van der Waals surface area contributed by atoms with Gasteiger partial charge in [-0.15, -0.1) is 0 Å². The molecule has 21 heavy (non-hydrogen) atoms. The predicted molar refractivity (Wildman–Crippen MR) is 77.8 cm³/mol. The average molecular weight is 330 g/mol. The molecule has 0 radical (unpaired) electrons. The maximum absolute atomic E-state index is 12.3. The highest BCUT2D eigenvalue weighted by Gasteiger charge is 2.32. The topological polar surface area (TPSA) is 82.1 Å². The first-order valence-corrected chi connectivity index (χ1v) is 7.55. The molecule has 1 heterocycles. The van der Waals surface area contributed by atoms with E-state index in [2.05, 4.69) is 0 Å². The summed E-state index contributed by atoms with van der Waals surface area (Å²) < 4.78 is 15.7. The number of Topliss-reactive ketones (excluding diaryl/α,β-unsaturated/α-hetero) is 1. The fourth-order valence-corrected chi connectivity index (χ4v) is 3.19. The lowest BCUT2D eigenvalue weighted by atomic mass is 9.99. The summed E-state index contributed by atoms with van der Waals surface area (Å²) in [7, 11) is 3.02. The summed E-state index contributed by atoms with van der Waals surface area (Å²) in [6, 6.07) is 3.51. The number of ketones is 1. The molecule has 0 saturated heterocycles. The van der Waals surface area contributed by atoms with Crippen LogP contribution < -0.4 is 4.74 Å². The van der Waals surface area contributed by atoms with Crippen molar-refractivity contribution >= 4 is 35.8 Å². The number of carbonyl (C=O) groups excluding carboxylic acids is 1. The first-order chi connectivity index (χ1) is 10.1. The van der Waals surface area contributed by atoms with Crippen LogP contribution in [0.2, 0.25) is 0 Å². The van der Waals surface area contributed by atoms with Gasteiger partial charge in [-0.3, -0.25) is 9.59 Å². The normalized spacial score (nSPS) is 17.2. The smallest absolute Gasteiger partial charge is 0.307 e. The third kappa shape index (κ3) is 3.70. The van der Waals surface area contributed by atoms with Crippen LogP contribution in [0, 0.1) is 0 Å². The molecule has 8 heteroatoms. The largest absolute Gasteiger partial charge is 0.487 e. The van der Waals surface area contributed by atoms with Crippen LogP contribution in [0.15, 0.2) is 21.9 Å². The van der Waals surface area contributed by atoms with Crippen LogP contribution in [0.3, 0.4) is 0 Å². The Morgan fingerprint density at radius 3 is 2.57 bits per heavy atom. The highest BCUT2D eigenvalue weighted by Crippen LogP contribution is 2.42. The lowest BCUT2D eigenvalue weighted by Gasteiger charge is -2.27. The SMILES string of the molecule is COSc1ccc(SOC)c2c1OC(CC(=O)O)CC2=O. The van der Waals surface area contributed by atoms with E-state index >= 15 is 0 Å². The minimum atomic E-state index is -1.00. The maximum Gasteiger partial charge on any atom is 0.307 e. The Balaban J connectivity index is 2.42. The van der Waals surface area contributed by atoms with Crippen LogP contribution in [0.4, 0.5) is 0 Å². The van der Waals surface area contributed by atoms with Gasteiger partial charge in [0.25, 0.3) is 0 Å². The van der Waals surface area contributed by atoms with E-state index in [1.165, 1.54) is 14.2 Å². The van der Waals surface area contributed by atoms with Crippen molar-refractivity contribution in [3.05, 3.63) is 17.7 Å². The van der Waals surface area contributed by atoms with Crippen molar-refractivity contribution in [2.24, 2.45) is 0 Å². The molecule has 0 fully saturated rings. The van der Waals surface area contributed by atoms with E-state index in [-0.39, 0.29) is 18.6 Å². The van der Waals surface area contributed by atoms with E-state index in [9.17, 15) is 9.59 Å². The van der Waals surface area contributed by atoms with Crippen LogP contribution in [-0.4, -0.2) is 37.2 Å². The molecule has 1 unspecified atom stereocenters. The van der Waals surface area contributed by atoms with E-state index in [1.54, 1.807) is 12.1 Å². The number of rotatable bonds is 6. The number of carboxylic acid groups (broad SMARTS) is 1. The molecule has 0 saturated carbocycles. The van der Waals surface area contributed by atoms with Gasteiger partial charge in [0.15, 0.2) is 5.78 Å². The minimum Gasteiger partial charge on any atom is -0.487 e. The zero-order valence-electron chi connectivity index (χ0n) is 11.5. The molecule has 1 aromatic carbocycles. The Morgan fingerprint density at radius 1 is 1.33 bits per heavy atom. The van der Waals surface area contributed by atoms with E-state index in [1.807, 2.05) is 0 Å². The van der Waals surface area contributed by atoms with Gasteiger partial charge in [-0.05, 0) is 12.1 Å². The molecular weight excluding hydrogens is 316 g/mol. The van der Waals surface area contributed by atoms with Gasteiger partial charge in [-0.2, -0.15) is 0 Å². The maximum atomic E-state index is 12.3. The zero-order valence-corrected chi connectivity index (χ0v) is 13.1. The average Bonchev–Trinajstić information content (AvgIpc) is 2.41. The summed E-state index contributed by atoms with van der Waals surface area (Å²) in [5, 5.41) is 8.87. The van der Waals surface area contributed by atoms with Crippen molar-refractivity contribution in [1.29, 1.82) is 0 Å². The zero-order chi connectivity index (χ0) is 15.4. The molecular formula is C13H14O6S2. The van der Waals surface area contributed by atoms with Crippen molar-refractivity contribution in [2.75, 3.05) is 14.2 Å². The summed E-state index contributed by atoms with van der Waals surface area (Å²) in [6.07, 6.45) is -0.844. The predicted octanol–water partition coefficient (Wildman–Crippen LogP) is 2.80. The van der Waals surface area contributed by atoms with E-state index in [4.69, 9.17) is 18.2 Å². The third-order valence-electron chi connectivity index (χ3n) is 2.81. The fourth-order valence-electron chi connectivity index (χ4n) is 2.07. The van der Waals surface area contributed by atoms with Crippen LogP contribution >= 0.6 is 24.1 Å². The van der Waals surface area contributed by atoms with Crippen molar-refractivity contribution in [3.8, 4) is 5.75 Å². The third-order valence-corrected chi connectivity index (χ3v) is 4.16. The second kappa shape index (κ2) is 7.17. The Bertz CT molecular complexity index is 560. The van der Waals surface area contributed by atoms with Gasteiger partial charge in [0.2, 0.25) is 0 Å². The Labute approximate surface area is 130 Å². The first kappa shape index (κ1) is 16.2. The highest BCUT2D eigenvalue weighted by molar-refractivity contribution is 7.95. The van der Waals surface area contributed by atoms with Gasteiger partial charge in [-0.25, -0.2) is 0 Å². The van der Waals surface area contributed by atoms with Gasteiger partial charge in [0, 0.05) is 35.4 Å². The number of hydrogen-bond donors (Lipinski definition) is 1. The molecule has 1 aliphatic heterocycles. The van der Waals surface area contributed by atoms with Crippen molar-refractivity contribution in [2.45, 2.75) is 28.7 Å². The fraction of sp³-hybridized carbons (Fsp3) is 0.385. The van der Waals surface area contributed by atoms with Gasteiger partial charge in [0.1, 0.15) is 11.9 Å². The first-order valence-electron chi connectivity index (χ1n) is 6.06. The molecule has 114 valence electrons.